The molecule has 0 aliphatic carbocycles. The first-order valence-electron chi connectivity index (χ1n) is 25.4. The Labute approximate surface area is 417 Å². The second-order valence-electron chi connectivity index (χ2n) is 23.9. The topological polar surface area (TPSA) is 19.6 Å². The first-order chi connectivity index (χ1) is 33.1. The zero-order valence-electron chi connectivity index (χ0n) is 44.1. The van der Waals surface area contributed by atoms with Crippen molar-refractivity contribution in [1.29, 1.82) is 0 Å². The third-order valence-electron chi connectivity index (χ3n) is 15.4. The van der Waals surface area contributed by atoms with Gasteiger partial charge in [0.25, 0.3) is 0 Å². The van der Waals surface area contributed by atoms with E-state index in [9.17, 15) is 0 Å². The Morgan fingerprint density at radius 3 is 1.59 bits per heavy atom. The molecule has 350 valence electrons. The van der Waals surface area contributed by atoms with Gasteiger partial charge in [-0.25, -0.2) is 0 Å². The molecule has 0 spiro atoms. The number of hydrogen-bond donors (Lipinski definition) is 0. The number of hydrogen-bond acceptors (Lipinski definition) is 3. The molecule has 0 saturated carbocycles. The van der Waals surface area contributed by atoms with E-state index in [2.05, 4.69) is 247 Å². The van der Waals surface area contributed by atoms with E-state index in [1.165, 1.54) is 122 Å². The molecule has 0 amide bonds. The minimum Gasteiger partial charge on any atom is -0.456 e. The van der Waals surface area contributed by atoms with Gasteiger partial charge in [0.15, 0.2) is 0 Å². The van der Waals surface area contributed by atoms with Crippen molar-refractivity contribution in [2.45, 2.75) is 120 Å². The zero-order chi connectivity index (χ0) is 49.5. The van der Waals surface area contributed by atoms with E-state index in [1.54, 1.807) is 0 Å². The van der Waals surface area contributed by atoms with Crippen molar-refractivity contribution in [2.75, 3.05) is 9.71 Å². The summed E-state index contributed by atoms with van der Waals surface area (Å²) in [5.41, 5.74) is 29.2. The monoisotopic (exact) mass is 915 g/mol. The lowest BCUT2D eigenvalue weighted by Gasteiger charge is -2.46. The van der Waals surface area contributed by atoms with Gasteiger partial charge in [0.05, 0.1) is 0 Å². The van der Waals surface area contributed by atoms with E-state index in [4.69, 9.17) is 4.42 Å². The molecule has 0 unspecified atom stereocenters. The fraction of sp³-hybridized carbons (Fsp3) is 0.273. The molecular formula is C66H67BN2O. The van der Waals surface area contributed by atoms with Crippen LogP contribution in [0.4, 0.5) is 28.4 Å². The van der Waals surface area contributed by atoms with E-state index < -0.39 is 0 Å². The molecule has 11 rings (SSSR count). The summed E-state index contributed by atoms with van der Waals surface area (Å²) in [7, 11) is 0. The molecule has 0 saturated heterocycles. The maximum Gasteiger partial charge on any atom is 0.333 e. The average Bonchev–Trinajstić information content (AvgIpc) is 3.65. The Kier molecular flexibility index (Phi) is 10.4. The summed E-state index contributed by atoms with van der Waals surface area (Å²) in [6.45, 7) is 34.1. The van der Waals surface area contributed by atoms with Crippen LogP contribution in [0.2, 0.25) is 0 Å². The molecule has 3 nitrogen and oxygen atoms in total. The summed E-state index contributed by atoms with van der Waals surface area (Å²) >= 11 is 0. The molecule has 0 bridgehead atoms. The van der Waals surface area contributed by atoms with Crippen molar-refractivity contribution in [3.05, 3.63) is 184 Å². The molecule has 3 heterocycles. The highest BCUT2D eigenvalue weighted by Crippen LogP contribution is 2.53. The molecule has 0 fully saturated rings. The normalized spacial score (nSPS) is 13.6. The summed E-state index contributed by atoms with van der Waals surface area (Å²) in [6.07, 6.45) is 0. The summed E-state index contributed by atoms with van der Waals surface area (Å²) in [6, 6.07) is 51.8. The number of aryl methyl sites for hydroxylation is 6. The number of nitrogens with zero attached hydrogens (tertiary/aromatic N) is 2. The summed E-state index contributed by atoms with van der Waals surface area (Å²) in [5, 5.41) is 2.35. The Morgan fingerprint density at radius 2 is 0.986 bits per heavy atom. The largest absolute Gasteiger partial charge is 0.456 e. The molecule has 4 heteroatoms. The Balaban J connectivity index is 1.31. The van der Waals surface area contributed by atoms with Gasteiger partial charge in [0.2, 0.25) is 0 Å². The van der Waals surface area contributed by atoms with Gasteiger partial charge >= 0.3 is 6.85 Å². The lowest BCUT2D eigenvalue weighted by Crippen LogP contribution is -2.61. The molecule has 2 aliphatic rings. The number of furan rings is 1. The zero-order valence-corrected chi connectivity index (χ0v) is 44.1. The van der Waals surface area contributed by atoms with Gasteiger partial charge in [0.1, 0.15) is 11.2 Å². The Hall–Kier alpha value is -6.78. The molecule has 2 aliphatic heterocycles. The highest BCUT2D eigenvalue weighted by atomic mass is 16.3. The molecule has 1 aromatic heterocycles. The van der Waals surface area contributed by atoms with Crippen LogP contribution in [-0.2, 0) is 16.2 Å². The standard InChI is InChI=1S/C66H67BN2O/c1-38-29-40(3)59(41(4)30-38)44-17-16-18-50(33-44)68-55-34-45(60-42(5)31-39(2)32-43(60)6)19-26-53(55)67-63-56(68)37-58-61(52-36-48(66(13,14)15)23-28-57(52)70-58)62(63)51-35-47(65(10,11)12)22-27-54(51)69(67)49-24-20-46(21-25-49)64(7,8)9/h16-37H,1-15H3. The van der Waals surface area contributed by atoms with Gasteiger partial charge in [-0.2, -0.15) is 0 Å². The smallest absolute Gasteiger partial charge is 0.333 e. The van der Waals surface area contributed by atoms with E-state index in [0.29, 0.717) is 0 Å². The van der Waals surface area contributed by atoms with Crippen LogP contribution < -0.4 is 20.6 Å². The molecule has 8 aromatic carbocycles. The van der Waals surface area contributed by atoms with Crippen molar-refractivity contribution < 1.29 is 4.42 Å². The van der Waals surface area contributed by atoms with Gasteiger partial charge in [-0.1, -0.05) is 146 Å². The number of rotatable bonds is 4. The van der Waals surface area contributed by atoms with Crippen molar-refractivity contribution in [1.82, 2.24) is 0 Å². The minimum absolute atomic E-state index is 0.0182. The number of anilines is 5. The Bertz CT molecular complexity index is 3580. The van der Waals surface area contributed by atoms with Crippen LogP contribution in [0.25, 0.3) is 55.3 Å². The highest BCUT2D eigenvalue weighted by molar-refractivity contribution is 6.94. The lowest BCUT2D eigenvalue weighted by atomic mass is 9.43. The van der Waals surface area contributed by atoms with Crippen LogP contribution >= 0.6 is 0 Å². The van der Waals surface area contributed by atoms with Crippen molar-refractivity contribution in [2.24, 2.45) is 0 Å². The summed E-state index contributed by atoms with van der Waals surface area (Å²) in [5.74, 6) is 0. The van der Waals surface area contributed by atoms with Crippen LogP contribution in [0.15, 0.2) is 138 Å². The summed E-state index contributed by atoms with van der Waals surface area (Å²) < 4.78 is 7.16. The first-order valence-corrected chi connectivity index (χ1v) is 25.4. The van der Waals surface area contributed by atoms with Crippen molar-refractivity contribution >= 4 is 68.1 Å². The third kappa shape index (κ3) is 7.32. The predicted octanol–water partition coefficient (Wildman–Crippen LogP) is 17.4. The fourth-order valence-electron chi connectivity index (χ4n) is 12.1. The van der Waals surface area contributed by atoms with Gasteiger partial charge in [-0.3, -0.25) is 0 Å². The van der Waals surface area contributed by atoms with E-state index in [-0.39, 0.29) is 23.1 Å². The van der Waals surface area contributed by atoms with E-state index in [0.717, 1.165) is 22.5 Å². The van der Waals surface area contributed by atoms with Gasteiger partial charge < -0.3 is 14.1 Å². The minimum atomic E-state index is -0.163. The maximum absolute atomic E-state index is 7.16. The van der Waals surface area contributed by atoms with Crippen LogP contribution in [0.1, 0.15) is 112 Å². The van der Waals surface area contributed by atoms with Crippen molar-refractivity contribution in [3.8, 4) is 33.4 Å². The van der Waals surface area contributed by atoms with Crippen LogP contribution in [0.5, 0.6) is 0 Å². The SMILES string of the molecule is Cc1cc(C)c(-c2cccc(N3c4cc(-c5c(C)cc(C)cc5C)ccc4B4c5c3cc3oc6ccc(C(C)(C)C)cc6c3c5-c3cc(C(C)(C)C)ccc3N4c3ccc(C(C)(C)C)cc3)c2)c(C)c1. The van der Waals surface area contributed by atoms with Crippen LogP contribution in [0.3, 0.4) is 0 Å². The molecule has 70 heavy (non-hydrogen) atoms. The molecule has 0 atom stereocenters. The average molecular weight is 915 g/mol. The number of fused-ring (bicyclic) bond motifs is 8. The summed E-state index contributed by atoms with van der Waals surface area (Å²) in [4.78, 5) is 5.23. The van der Waals surface area contributed by atoms with E-state index >= 15 is 0 Å². The maximum atomic E-state index is 7.16. The molecule has 0 radical (unpaired) electrons. The van der Waals surface area contributed by atoms with Crippen LogP contribution in [0, 0.1) is 41.5 Å². The Morgan fingerprint density at radius 1 is 0.429 bits per heavy atom. The lowest BCUT2D eigenvalue weighted by molar-refractivity contribution is 0.590. The second kappa shape index (κ2) is 15.9. The second-order valence-corrected chi connectivity index (χ2v) is 23.9. The molecule has 0 N–H and O–H groups in total. The van der Waals surface area contributed by atoms with Crippen LogP contribution in [-0.4, -0.2) is 6.85 Å². The quantitative estimate of drug-likeness (QED) is 0.164. The van der Waals surface area contributed by atoms with E-state index in [1.807, 2.05) is 0 Å². The predicted molar refractivity (Wildman–Crippen MR) is 303 cm³/mol. The van der Waals surface area contributed by atoms with Gasteiger partial charge in [0, 0.05) is 50.8 Å². The van der Waals surface area contributed by atoms with Gasteiger partial charge in [-0.05, 0) is 190 Å². The van der Waals surface area contributed by atoms with Crippen molar-refractivity contribution in [3.63, 3.8) is 0 Å². The molecule has 9 aromatic rings. The first kappa shape index (κ1) is 45.7. The number of benzene rings is 8. The van der Waals surface area contributed by atoms with Gasteiger partial charge in [-0.15, -0.1) is 0 Å². The molecular weight excluding hydrogens is 848 g/mol. The highest BCUT2D eigenvalue weighted by Gasteiger charge is 2.47. The fourth-order valence-corrected chi connectivity index (χ4v) is 12.1. The third-order valence-corrected chi connectivity index (χ3v) is 15.4.